The van der Waals surface area contributed by atoms with Gasteiger partial charge in [-0.15, -0.1) is 0 Å². The number of unbranched alkanes of at least 4 members (excludes halogenated alkanes) is 34. The normalized spacial score (nSPS) is 24.9. The Morgan fingerprint density at radius 3 is 1.27 bits per heavy atom. The van der Waals surface area contributed by atoms with Crippen molar-refractivity contribution in [1.82, 2.24) is 5.32 Å². The number of hydrogen-bond donors (Lipinski definition) is 9. The van der Waals surface area contributed by atoms with E-state index in [4.69, 9.17) is 18.9 Å². The molecule has 14 heteroatoms. The maximum absolute atomic E-state index is 13.3. The molecule has 0 aromatic heterocycles. The standard InChI is InChI=1S/C63H117NO13/c1-3-5-7-9-11-13-15-17-19-21-22-23-24-25-26-27-28-29-31-32-34-36-38-40-42-44-46-52(67)51(64-55(68)47-45-43-41-39-37-35-33-30-20-18-16-14-12-10-8-6-4-2)50-74-62-60(73)58(71)61(54(49-66)76-62)77-63-59(72)57(70)56(69)53(48-65)75-63/h29,31,36,38,44,46,51-54,56-63,65-67,69-73H,3-28,30,32-35,37,39-43,45,47-50H2,1-2H3,(H,64,68)/b31-29+,38-36+,46-44+. The molecule has 0 aromatic carbocycles. The van der Waals surface area contributed by atoms with Crippen molar-refractivity contribution in [3.8, 4) is 0 Å². The van der Waals surface area contributed by atoms with Crippen molar-refractivity contribution in [2.45, 2.75) is 338 Å². The molecule has 0 spiro atoms. The highest BCUT2D eigenvalue weighted by Crippen LogP contribution is 2.30. The third kappa shape index (κ3) is 34.3. The second kappa shape index (κ2) is 48.9. The van der Waals surface area contributed by atoms with E-state index in [-0.39, 0.29) is 18.9 Å². The fourth-order valence-electron chi connectivity index (χ4n) is 10.4. The van der Waals surface area contributed by atoms with Crippen LogP contribution in [0, 0.1) is 0 Å². The Labute approximate surface area is 468 Å². The molecule has 2 heterocycles. The Bertz CT molecular complexity index is 1430. The lowest BCUT2D eigenvalue weighted by Gasteiger charge is -2.46. The molecule has 1 amide bonds. The number of carbonyl (C=O) groups is 1. The van der Waals surface area contributed by atoms with Crippen LogP contribution in [0.5, 0.6) is 0 Å². The van der Waals surface area contributed by atoms with Gasteiger partial charge in [0.2, 0.25) is 5.91 Å². The molecule has 9 N–H and O–H groups in total. The zero-order chi connectivity index (χ0) is 56.0. The summed E-state index contributed by atoms with van der Waals surface area (Å²) in [6.45, 7) is 2.80. The molecule has 0 aromatic rings. The predicted molar refractivity (Wildman–Crippen MR) is 309 cm³/mol. The third-order valence-electron chi connectivity index (χ3n) is 15.6. The Hall–Kier alpha value is -1.79. The fraction of sp³-hybridized carbons (Fsp3) is 0.889. The minimum Gasteiger partial charge on any atom is -0.394 e. The van der Waals surface area contributed by atoms with E-state index >= 15 is 0 Å². The average Bonchev–Trinajstić information content (AvgIpc) is 3.43. The van der Waals surface area contributed by atoms with Crippen LogP contribution in [0.2, 0.25) is 0 Å². The van der Waals surface area contributed by atoms with Crippen LogP contribution in [-0.2, 0) is 23.7 Å². The molecule has 12 unspecified atom stereocenters. The maximum Gasteiger partial charge on any atom is 0.220 e. The quantitative estimate of drug-likeness (QED) is 0.0204. The van der Waals surface area contributed by atoms with Crippen LogP contribution >= 0.6 is 0 Å². The predicted octanol–water partition coefficient (Wildman–Crippen LogP) is 11.4. The minimum atomic E-state index is -1.79. The smallest absolute Gasteiger partial charge is 0.220 e. The third-order valence-corrected chi connectivity index (χ3v) is 15.6. The maximum atomic E-state index is 13.3. The zero-order valence-corrected chi connectivity index (χ0v) is 48.7. The van der Waals surface area contributed by atoms with Gasteiger partial charge >= 0.3 is 0 Å². The SMILES string of the molecule is CCCCCCCCCCCCCCCCCC/C=C/CC/C=C/CC/C=C/C(O)C(COC1OC(CO)C(OC2OC(CO)C(O)C(O)C2O)C(O)C1O)NC(=O)CCCCCCCCCCCCCCCCCCC. The molecule has 2 fully saturated rings. The van der Waals surface area contributed by atoms with Crippen LogP contribution in [0.15, 0.2) is 36.5 Å². The Morgan fingerprint density at radius 1 is 0.455 bits per heavy atom. The molecular weight excluding hydrogens is 979 g/mol. The summed E-state index contributed by atoms with van der Waals surface area (Å²) < 4.78 is 22.8. The van der Waals surface area contributed by atoms with E-state index in [1.165, 1.54) is 186 Å². The molecule has 12 atom stereocenters. The van der Waals surface area contributed by atoms with Crippen molar-refractivity contribution < 1.29 is 64.6 Å². The number of allylic oxidation sites excluding steroid dienone is 5. The Balaban J connectivity index is 1.76. The van der Waals surface area contributed by atoms with E-state index in [0.29, 0.717) is 12.8 Å². The first-order valence-corrected chi connectivity index (χ1v) is 31.7. The summed E-state index contributed by atoms with van der Waals surface area (Å²) in [5.41, 5.74) is 0. The number of aliphatic hydroxyl groups is 8. The first-order valence-electron chi connectivity index (χ1n) is 31.7. The molecule has 2 aliphatic heterocycles. The van der Waals surface area contributed by atoms with Gasteiger partial charge in [-0.1, -0.05) is 249 Å². The van der Waals surface area contributed by atoms with Crippen molar-refractivity contribution in [3.63, 3.8) is 0 Å². The van der Waals surface area contributed by atoms with Crippen molar-refractivity contribution in [2.75, 3.05) is 19.8 Å². The van der Waals surface area contributed by atoms with E-state index in [0.717, 1.165) is 44.9 Å². The van der Waals surface area contributed by atoms with Gasteiger partial charge in [0.05, 0.1) is 32.0 Å². The summed E-state index contributed by atoms with van der Waals surface area (Å²) in [5.74, 6) is -0.250. The van der Waals surface area contributed by atoms with Crippen LogP contribution in [0.3, 0.4) is 0 Å². The summed E-state index contributed by atoms with van der Waals surface area (Å²) in [6, 6.07) is -0.935. The van der Waals surface area contributed by atoms with Gasteiger partial charge in [-0.3, -0.25) is 4.79 Å². The molecule has 0 radical (unpaired) electrons. The summed E-state index contributed by atoms with van der Waals surface area (Å²) >= 11 is 0. The largest absolute Gasteiger partial charge is 0.394 e. The molecular formula is C63H117NO13. The number of rotatable bonds is 51. The van der Waals surface area contributed by atoms with Crippen LogP contribution in [0.25, 0.3) is 0 Å². The van der Waals surface area contributed by atoms with Crippen molar-refractivity contribution >= 4 is 5.91 Å². The van der Waals surface area contributed by atoms with Crippen LogP contribution in [0.4, 0.5) is 0 Å². The highest BCUT2D eigenvalue weighted by molar-refractivity contribution is 5.76. The van der Waals surface area contributed by atoms with Gasteiger partial charge in [-0.2, -0.15) is 0 Å². The molecule has 0 saturated carbocycles. The van der Waals surface area contributed by atoms with Crippen molar-refractivity contribution in [2.24, 2.45) is 0 Å². The van der Waals surface area contributed by atoms with Gasteiger partial charge in [0, 0.05) is 6.42 Å². The van der Waals surface area contributed by atoms with E-state index in [1.807, 2.05) is 6.08 Å². The Kier molecular flexibility index (Phi) is 45.3. The number of carbonyl (C=O) groups excluding carboxylic acids is 1. The summed E-state index contributed by atoms with van der Waals surface area (Å²) in [5, 5.41) is 87.1. The second-order valence-corrected chi connectivity index (χ2v) is 22.5. The highest BCUT2D eigenvalue weighted by Gasteiger charge is 2.51. The van der Waals surface area contributed by atoms with Gasteiger partial charge in [0.25, 0.3) is 0 Å². The Morgan fingerprint density at radius 2 is 0.831 bits per heavy atom. The fourth-order valence-corrected chi connectivity index (χ4v) is 10.4. The van der Waals surface area contributed by atoms with Crippen molar-refractivity contribution in [3.05, 3.63) is 36.5 Å². The molecule has 14 nitrogen and oxygen atoms in total. The van der Waals surface area contributed by atoms with Gasteiger partial charge in [0.1, 0.15) is 48.8 Å². The summed E-state index contributed by atoms with van der Waals surface area (Å²) in [6.07, 6.45) is 43.4. The number of aliphatic hydroxyl groups excluding tert-OH is 8. The van der Waals surface area contributed by atoms with E-state index in [2.05, 4.69) is 43.5 Å². The first kappa shape index (κ1) is 71.3. The number of hydrogen-bond acceptors (Lipinski definition) is 13. The lowest BCUT2D eigenvalue weighted by atomic mass is 9.97. The highest BCUT2D eigenvalue weighted by atomic mass is 16.7. The molecule has 2 saturated heterocycles. The monoisotopic (exact) mass is 1100 g/mol. The lowest BCUT2D eigenvalue weighted by molar-refractivity contribution is -0.359. The summed E-state index contributed by atoms with van der Waals surface area (Å²) in [7, 11) is 0. The first-order chi connectivity index (χ1) is 37.6. The van der Waals surface area contributed by atoms with E-state index < -0.39 is 86.8 Å². The van der Waals surface area contributed by atoms with Gasteiger partial charge in [-0.05, 0) is 44.9 Å². The topological polar surface area (TPSA) is 228 Å². The average molecular weight is 1100 g/mol. The van der Waals surface area contributed by atoms with Gasteiger partial charge < -0.3 is 65.1 Å². The molecule has 452 valence electrons. The zero-order valence-electron chi connectivity index (χ0n) is 48.7. The minimum absolute atomic E-state index is 0.250. The molecule has 77 heavy (non-hydrogen) atoms. The molecule has 0 aliphatic carbocycles. The number of amides is 1. The number of ether oxygens (including phenoxy) is 4. The lowest BCUT2D eigenvalue weighted by Crippen LogP contribution is -2.65. The van der Waals surface area contributed by atoms with Crippen LogP contribution < -0.4 is 5.32 Å². The molecule has 2 aliphatic rings. The van der Waals surface area contributed by atoms with E-state index in [9.17, 15) is 45.6 Å². The second-order valence-electron chi connectivity index (χ2n) is 22.5. The number of nitrogens with one attached hydrogen (secondary N) is 1. The van der Waals surface area contributed by atoms with Gasteiger partial charge in [0.15, 0.2) is 12.6 Å². The van der Waals surface area contributed by atoms with E-state index in [1.54, 1.807) is 6.08 Å². The molecule has 0 bridgehead atoms. The summed E-state index contributed by atoms with van der Waals surface area (Å²) in [4.78, 5) is 13.3. The van der Waals surface area contributed by atoms with Crippen molar-refractivity contribution in [1.29, 1.82) is 0 Å². The van der Waals surface area contributed by atoms with Crippen LogP contribution in [0.1, 0.15) is 264 Å². The van der Waals surface area contributed by atoms with Crippen LogP contribution in [-0.4, -0.2) is 140 Å². The van der Waals surface area contributed by atoms with Gasteiger partial charge in [-0.25, -0.2) is 0 Å². The molecule has 2 rings (SSSR count).